The van der Waals surface area contributed by atoms with Crippen molar-refractivity contribution < 1.29 is 122 Å². The van der Waals surface area contributed by atoms with Crippen LogP contribution in [0.3, 0.4) is 0 Å². The number of aliphatic hydroxyl groups excluding tert-OH is 8. The molecule has 0 aromatic heterocycles. The van der Waals surface area contributed by atoms with E-state index in [2.05, 4.69) is 0 Å². The molecule has 0 spiro atoms. The second-order valence-corrected chi connectivity index (χ2v) is 25.6. The Hall–Kier alpha value is -4.26. The van der Waals surface area contributed by atoms with Crippen molar-refractivity contribution in [3.05, 3.63) is 52.6 Å². The summed E-state index contributed by atoms with van der Waals surface area (Å²) >= 11 is 2.85. The number of β-lactam (4-membered cyclic amide) rings is 1. The quantitative estimate of drug-likeness (QED) is 0.0253. The summed E-state index contributed by atoms with van der Waals surface area (Å²) < 4.78 is 46.1. The molecule has 1 aromatic carbocycles. The first kappa shape index (κ1) is 66.2. The summed E-state index contributed by atoms with van der Waals surface area (Å²) in [5.74, 6) is -4.14. The number of nitroso groups, excluding NO2 is 1. The Labute approximate surface area is 502 Å². The Morgan fingerprint density at radius 1 is 0.767 bits per heavy atom. The van der Waals surface area contributed by atoms with Gasteiger partial charge in [-0.3, -0.25) is 33.8 Å². The summed E-state index contributed by atoms with van der Waals surface area (Å²) in [4.78, 5) is 91.7. The second-order valence-electron chi connectivity index (χ2n) is 23.5. The molecule has 30 heteroatoms. The number of hydrogen-bond acceptors (Lipinski definition) is 26. The van der Waals surface area contributed by atoms with Crippen LogP contribution in [0, 0.1) is 22.7 Å². The fourth-order valence-corrected chi connectivity index (χ4v) is 15.0. The predicted molar refractivity (Wildman–Crippen MR) is 294 cm³/mol. The molecule has 7 fully saturated rings. The lowest BCUT2D eigenvalue weighted by atomic mass is 9.76. The summed E-state index contributed by atoms with van der Waals surface area (Å²) in [6, 6.07) is 6.95. The molecule has 2 bridgehead atoms. The van der Waals surface area contributed by atoms with Crippen molar-refractivity contribution in [3.63, 3.8) is 0 Å². The van der Waals surface area contributed by atoms with E-state index < -0.39 is 175 Å². The highest BCUT2D eigenvalue weighted by Gasteiger charge is 2.67. The highest BCUT2D eigenvalue weighted by Crippen LogP contribution is 2.53. The maximum absolute atomic E-state index is 13.1. The Morgan fingerprint density at radius 3 is 1.95 bits per heavy atom. The van der Waals surface area contributed by atoms with Crippen molar-refractivity contribution in [1.82, 2.24) is 9.80 Å². The molecule has 9 aliphatic heterocycles. The minimum atomic E-state index is -1.90. The lowest BCUT2D eigenvalue weighted by Crippen LogP contribution is -2.68. The molecule has 1 aromatic rings. The first-order valence-corrected chi connectivity index (χ1v) is 30.5. The number of carboxylic acid groups (broad SMARTS) is 1. The smallest absolute Gasteiger partial charge is 0.352 e. The summed E-state index contributed by atoms with van der Waals surface area (Å²) in [6.07, 6.45) is -23.7. The number of ether oxygens (including phenoxy) is 8. The highest BCUT2D eigenvalue weighted by molar-refractivity contribution is 8.01. The van der Waals surface area contributed by atoms with Crippen LogP contribution in [-0.2, 0) is 66.7 Å². The Bertz CT molecular complexity index is 2830. The standard InChI is InChI=1S/C29H29N3O8S2.C27H46O17/c1-3-29-10-8-20(40-29)21-22(29)26(36)31(25(21)35)11-9-17(33)12-19-24(34)32-23(28(37)38)15(14-42-27(19)32)13-41-18-6-4-16(5-7-18)30(2)39;1-7(28)19-22(44-26-18(35)23(36)27(6,37)11(5)40-26)15(32)17(34)25(41-19)43-21-10(4)39-24(16(33)14(21)31)42-20-9(3)38-8(2)12(29)13(20)30/h4-8,10,19-22,27H,3,9,11-14H2,1-2H3;8-26,29-37H,1-6H3/p+1/t;8-,9?,10?,11?,12?,13+,14-,15-,16?,17?,18?,19?,20-,21-,22+,23-,24-,25-,26-,27+/m.0/s1. The predicted octanol–water partition coefficient (Wildman–Crippen LogP) is -1.85. The number of fused-ring (bicyclic) bond motifs is 6. The van der Waals surface area contributed by atoms with Crippen LogP contribution in [0.4, 0.5) is 5.69 Å². The third-order valence-corrected chi connectivity index (χ3v) is 20.3. The number of aliphatic hydroxyl groups is 9. The molecule has 476 valence electrons. The van der Waals surface area contributed by atoms with Crippen LogP contribution in [0.15, 0.2) is 52.6 Å². The largest absolute Gasteiger partial charge is 0.477 e. The van der Waals surface area contributed by atoms with Crippen LogP contribution < -0.4 is 0 Å². The van der Waals surface area contributed by atoms with E-state index in [9.17, 15) is 84.7 Å². The van der Waals surface area contributed by atoms with Crippen LogP contribution in [0.1, 0.15) is 67.7 Å². The van der Waals surface area contributed by atoms with Crippen LogP contribution in [0.5, 0.6) is 0 Å². The average Bonchev–Trinajstić information content (AvgIpc) is 1.50. The summed E-state index contributed by atoms with van der Waals surface area (Å²) in [6.45, 7) is 10.3. The van der Waals surface area contributed by atoms with Crippen LogP contribution in [0.25, 0.3) is 0 Å². The number of thioether (sulfide) groups is 2. The third-order valence-electron chi connectivity index (χ3n) is 17.9. The van der Waals surface area contributed by atoms with Crippen LogP contribution >= 0.6 is 23.5 Å². The van der Waals surface area contributed by atoms with Gasteiger partial charge in [0.1, 0.15) is 90.3 Å². The summed E-state index contributed by atoms with van der Waals surface area (Å²) in [5, 5.41) is 105. The molecule has 26 atom stereocenters. The van der Waals surface area contributed by atoms with E-state index in [0.29, 0.717) is 29.2 Å². The Balaban J connectivity index is 0.000000206. The first-order chi connectivity index (χ1) is 40.4. The van der Waals surface area contributed by atoms with E-state index in [1.807, 2.05) is 19.1 Å². The van der Waals surface area contributed by atoms with Crippen LogP contribution in [-0.4, -0.2) is 265 Å². The van der Waals surface area contributed by atoms with Gasteiger partial charge in [0.05, 0.1) is 59.2 Å². The summed E-state index contributed by atoms with van der Waals surface area (Å²) in [7, 11) is 1.41. The third kappa shape index (κ3) is 12.3. The fraction of sp³-hybridized carbons (Fsp3) is 0.714. The maximum atomic E-state index is 13.1. The monoisotopic (exact) mass is 1250 g/mol. The lowest BCUT2D eigenvalue weighted by molar-refractivity contribution is -0.428. The van der Waals surface area contributed by atoms with Gasteiger partial charge in [0, 0.05) is 57.6 Å². The molecule has 0 saturated carbocycles. The fourth-order valence-electron chi connectivity index (χ4n) is 12.5. The number of amides is 3. The lowest BCUT2D eigenvalue weighted by Gasteiger charge is -2.49. The average molecular weight is 1260 g/mol. The zero-order valence-corrected chi connectivity index (χ0v) is 50.0. The van der Waals surface area contributed by atoms with E-state index in [-0.39, 0.29) is 42.7 Å². The van der Waals surface area contributed by atoms with Gasteiger partial charge in [-0.25, -0.2) is 4.79 Å². The van der Waals surface area contributed by atoms with Crippen molar-refractivity contribution in [2.24, 2.45) is 17.8 Å². The molecular weight excluding hydrogens is 1180 g/mol. The number of Topliss-reactive ketones (excluding diaryl/α,β-unsaturated/α-hetero) is 2. The number of aliphatic carboxylic acids is 1. The summed E-state index contributed by atoms with van der Waals surface area (Å²) in [5.41, 5.74) is -1.50. The van der Waals surface area contributed by atoms with Crippen molar-refractivity contribution in [1.29, 1.82) is 0 Å². The number of carboxylic acids is 1. The zero-order valence-electron chi connectivity index (χ0n) is 48.3. The second kappa shape index (κ2) is 25.9. The zero-order chi connectivity index (χ0) is 62.9. The number of imide groups is 1. The molecule has 7 saturated heterocycles. The number of likely N-dealkylation sites (tertiary alicyclic amines) is 1. The number of rotatable bonds is 18. The maximum Gasteiger partial charge on any atom is 0.352 e. The van der Waals surface area contributed by atoms with Crippen molar-refractivity contribution in [2.75, 3.05) is 25.1 Å². The van der Waals surface area contributed by atoms with Gasteiger partial charge in [-0.15, -0.1) is 23.5 Å². The molecule has 10 rings (SSSR count). The normalized spacial score (nSPS) is 43.5. The SMILES string of the molecule is CC(=O)C1O[C@@H](O[C@H]2C(C)O[C@@H](O[C@H]3C(C)O[C@@H](C)C(O)[C@H]3O)C(O)[C@@H]2O)C(O)[C@H](O)[C@H]1O[C@@H]1OC(C)[C@@](C)(O)[C@@H](O)C1O.CCC12C=CC(O1)C1C(=O)N(CCC(=O)CC3C(=O)N4C(C(=O)O)=C(CSc5ccc([N+](C)=O)cc5)CSC34)C(=O)C12. The van der Waals surface area contributed by atoms with Gasteiger partial charge >= 0.3 is 5.97 Å². The molecule has 10 N–H and O–H groups in total. The molecule has 3 amide bonds. The Morgan fingerprint density at radius 2 is 1.35 bits per heavy atom. The van der Waals surface area contributed by atoms with Gasteiger partial charge in [-0.2, -0.15) is 0 Å². The molecule has 9 heterocycles. The van der Waals surface area contributed by atoms with Gasteiger partial charge in [0.2, 0.25) is 17.7 Å². The van der Waals surface area contributed by atoms with Gasteiger partial charge in [0.15, 0.2) is 31.7 Å². The van der Waals surface area contributed by atoms with E-state index in [1.165, 1.54) is 61.1 Å². The van der Waals surface area contributed by atoms with Crippen molar-refractivity contribution in [2.45, 2.75) is 212 Å². The molecule has 9 aliphatic rings. The van der Waals surface area contributed by atoms with E-state index in [4.69, 9.17) is 37.9 Å². The topological polar surface area (TPSA) is 405 Å². The molecule has 0 aliphatic carbocycles. The Kier molecular flexibility index (Phi) is 19.9. The van der Waals surface area contributed by atoms with Gasteiger partial charge in [-0.1, -0.05) is 19.1 Å². The number of ketones is 2. The number of benzene rings is 1. The molecule has 28 nitrogen and oxygen atoms in total. The minimum Gasteiger partial charge on any atom is -0.477 e. The van der Waals surface area contributed by atoms with Gasteiger partial charge in [0.25, 0.3) is 5.69 Å². The van der Waals surface area contributed by atoms with Gasteiger partial charge in [-0.05, 0) is 65.7 Å². The first-order valence-electron chi connectivity index (χ1n) is 28.5. The van der Waals surface area contributed by atoms with E-state index >= 15 is 0 Å². The van der Waals surface area contributed by atoms with E-state index in [1.54, 1.807) is 38.1 Å². The number of carbonyl (C=O) groups is 6. The van der Waals surface area contributed by atoms with Crippen molar-refractivity contribution >= 4 is 64.5 Å². The van der Waals surface area contributed by atoms with Crippen molar-refractivity contribution in [3.8, 4) is 0 Å². The molecule has 0 radical (unpaired) electrons. The highest BCUT2D eigenvalue weighted by atomic mass is 32.2. The minimum absolute atomic E-state index is 0.0355. The van der Waals surface area contributed by atoms with E-state index in [0.717, 1.165) is 16.6 Å². The molecule has 86 heavy (non-hydrogen) atoms. The number of carbonyl (C=O) groups excluding carboxylic acids is 5. The van der Waals surface area contributed by atoms with Crippen LogP contribution in [0.2, 0.25) is 0 Å². The number of hydrogen-bond donors (Lipinski definition) is 10. The van der Waals surface area contributed by atoms with Gasteiger partial charge < -0.3 is 89.0 Å². The molecule has 14 unspecified atom stereocenters. The molecular formula is C56H76N3O25S2+. The number of nitrogens with zero attached hydrogens (tertiary/aromatic N) is 3.